The molecule has 2 heterocycles. The molecule has 0 unspecified atom stereocenters. The van der Waals surface area contributed by atoms with E-state index in [0.29, 0.717) is 36.9 Å². The molecule has 0 atom stereocenters. The highest BCUT2D eigenvalue weighted by atomic mass is 35.5. The summed E-state index contributed by atoms with van der Waals surface area (Å²) in [5.41, 5.74) is 2.46. The minimum absolute atomic E-state index is 0.0213. The number of urea groups is 1. The molecule has 2 aromatic carbocycles. The molecule has 2 aliphatic rings. The van der Waals surface area contributed by atoms with Crippen molar-refractivity contribution in [3.63, 3.8) is 0 Å². The molecule has 164 valence electrons. The number of hydrogen-bond acceptors (Lipinski definition) is 5. The number of carbonyl (C=O) groups excluding carboxylic acids is 2. The summed E-state index contributed by atoms with van der Waals surface area (Å²) in [6.45, 7) is 4.25. The SMILES string of the molecule is COc1ccccc1N1CCN(C(=O)Nc2ccc(N3CCNC(=O)C3)c(Cl)c2)CC1. The van der Waals surface area contributed by atoms with Gasteiger partial charge in [-0.05, 0) is 30.3 Å². The van der Waals surface area contributed by atoms with Crippen LogP contribution in [-0.4, -0.2) is 69.8 Å². The Kier molecular flexibility index (Phi) is 6.36. The number of piperazine rings is 2. The van der Waals surface area contributed by atoms with Gasteiger partial charge in [0.15, 0.2) is 0 Å². The molecule has 2 saturated heterocycles. The van der Waals surface area contributed by atoms with Crippen molar-refractivity contribution in [1.82, 2.24) is 10.2 Å². The molecule has 0 saturated carbocycles. The molecule has 8 nitrogen and oxygen atoms in total. The van der Waals surface area contributed by atoms with Gasteiger partial charge in [-0.25, -0.2) is 4.79 Å². The topological polar surface area (TPSA) is 77.2 Å². The van der Waals surface area contributed by atoms with Gasteiger partial charge in [0.05, 0.1) is 30.1 Å². The number of carbonyl (C=O) groups is 2. The Morgan fingerprint density at radius 3 is 2.52 bits per heavy atom. The van der Waals surface area contributed by atoms with E-state index in [9.17, 15) is 9.59 Å². The lowest BCUT2D eigenvalue weighted by Crippen LogP contribution is -2.50. The molecule has 2 aromatic rings. The average molecular weight is 444 g/mol. The number of nitrogens with one attached hydrogen (secondary N) is 2. The number of nitrogens with zero attached hydrogens (tertiary/aromatic N) is 3. The molecule has 0 radical (unpaired) electrons. The van der Waals surface area contributed by atoms with Gasteiger partial charge in [0.1, 0.15) is 5.75 Å². The maximum absolute atomic E-state index is 12.7. The molecule has 0 bridgehead atoms. The molecule has 0 spiro atoms. The van der Waals surface area contributed by atoms with E-state index in [4.69, 9.17) is 16.3 Å². The number of para-hydroxylation sites is 2. The van der Waals surface area contributed by atoms with Crippen molar-refractivity contribution in [2.45, 2.75) is 0 Å². The Bertz CT molecular complexity index is 962. The van der Waals surface area contributed by atoms with Crippen molar-refractivity contribution in [3.05, 3.63) is 47.5 Å². The van der Waals surface area contributed by atoms with Gasteiger partial charge in [0, 0.05) is 45.0 Å². The molecule has 0 aliphatic carbocycles. The molecule has 0 aromatic heterocycles. The predicted octanol–water partition coefficient (Wildman–Crippen LogP) is 2.64. The van der Waals surface area contributed by atoms with Crippen LogP contribution < -0.4 is 25.2 Å². The van der Waals surface area contributed by atoms with Crippen LogP contribution in [0.3, 0.4) is 0 Å². The van der Waals surface area contributed by atoms with Crippen LogP contribution in [0.5, 0.6) is 5.75 Å². The van der Waals surface area contributed by atoms with Crippen LogP contribution in [0.4, 0.5) is 21.9 Å². The standard InChI is InChI=1S/C22H26ClN5O3/c1-31-20-5-3-2-4-19(20)26-10-12-27(13-11-26)22(30)25-16-6-7-18(17(23)14-16)28-9-8-24-21(29)15-28/h2-7,14H,8-13,15H2,1H3,(H,24,29)(H,25,30). The summed E-state index contributed by atoms with van der Waals surface area (Å²) in [6, 6.07) is 13.1. The molecule has 2 aliphatic heterocycles. The van der Waals surface area contributed by atoms with E-state index in [2.05, 4.69) is 15.5 Å². The largest absolute Gasteiger partial charge is 0.495 e. The summed E-state index contributed by atoms with van der Waals surface area (Å²) < 4.78 is 5.45. The van der Waals surface area contributed by atoms with Crippen molar-refractivity contribution in [2.24, 2.45) is 0 Å². The monoisotopic (exact) mass is 443 g/mol. The Labute approximate surface area is 186 Å². The van der Waals surface area contributed by atoms with Crippen LogP contribution in [0.1, 0.15) is 0 Å². The van der Waals surface area contributed by atoms with Crippen LogP contribution in [0.2, 0.25) is 5.02 Å². The second-order valence-electron chi connectivity index (χ2n) is 7.51. The van der Waals surface area contributed by atoms with Crippen molar-refractivity contribution < 1.29 is 14.3 Å². The second kappa shape index (κ2) is 9.34. The Hall–Kier alpha value is -3.13. The zero-order chi connectivity index (χ0) is 21.8. The summed E-state index contributed by atoms with van der Waals surface area (Å²) in [5, 5.41) is 6.24. The summed E-state index contributed by atoms with van der Waals surface area (Å²) in [4.78, 5) is 30.3. The van der Waals surface area contributed by atoms with Gasteiger partial charge in [-0.2, -0.15) is 0 Å². The van der Waals surface area contributed by atoms with Crippen LogP contribution in [-0.2, 0) is 4.79 Å². The summed E-state index contributed by atoms with van der Waals surface area (Å²) in [5.74, 6) is 0.813. The maximum Gasteiger partial charge on any atom is 0.321 e. The fourth-order valence-corrected chi connectivity index (χ4v) is 4.23. The highest BCUT2D eigenvalue weighted by molar-refractivity contribution is 6.33. The third kappa shape index (κ3) is 4.80. The van der Waals surface area contributed by atoms with E-state index in [-0.39, 0.29) is 18.5 Å². The van der Waals surface area contributed by atoms with Crippen LogP contribution in [0.25, 0.3) is 0 Å². The number of hydrogen-bond donors (Lipinski definition) is 2. The molecular formula is C22H26ClN5O3. The first kappa shape index (κ1) is 21.1. The highest BCUT2D eigenvalue weighted by Crippen LogP contribution is 2.30. The molecule has 31 heavy (non-hydrogen) atoms. The van der Waals surface area contributed by atoms with E-state index in [1.807, 2.05) is 41.3 Å². The van der Waals surface area contributed by atoms with E-state index >= 15 is 0 Å². The third-order valence-electron chi connectivity index (χ3n) is 5.57. The minimum Gasteiger partial charge on any atom is -0.495 e. The van der Waals surface area contributed by atoms with Gasteiger partial charge < -0.3 is 30.1 Å². The Morgan fingerprint density at radius 1 is 1.03 bits per heavy atom. The number of halogens is 1. The summed E-state index contributed by atoms with van der Waals surface area (Å²) in [7, 11) is 1.67. The first-order chi connectivity index (χ1) is 15.0. The van der Waals surface area contributed by atoms with Gasteiger partial charge in [-0.3, -0.25) is 4.79 Å². The normalized spacial score (nSPS) is 16.7. The van der Waals surface area contributed by atoms with Crippen LogP contribution >= 0.6 is 11.6 Å². The lowest BCUT2D eigenvalue weighted by molar-refractivity contribution is -0.120. The number of methoxy groups -OCH3 is 1. The van der Waals surface area contributed by atoms with Gasteiger partial charge in [0.2, 0.25) is 5.91 Å². The van der Waals surface area contributed by atoms with Crippen molar-refractivity contribution >= 4 is 40.6 Å². The molecule has 9 heteroatoms. The summed E-state index contributed by atoms with van der Waals surface area (Å²) >= 11 is 6.44. The molecule has 2 N–H and O–H groups in total. The minimum atomic E-state index is -0.152. The molecule has 2 fully saturated rings. The van der Waals surface area contributed by atoms with Gasteiger partial charge in [-0.1, -0.05) is 23.7 Å². The predicted molar refractivity (Wildman–Crippen MR) is 122 cm³/mol. The van der Waals surface area contributed by atoms with Crippen molar-refractivity contribution in [1.29, 1.82) is 0 Å². The Morgan fingerprint density at radius 2 is 1.81 bits per heavy atom. The number of amides is 3. The fraction of sp³-hybridized carbons (Fsp3) is 0.364. The van der Waals surface area contributed by atoms with Gasteiger partial charge in [0.25, 0.3) is 0 Å². The smallest absolute Gasteiger partial charge is 0.321 e. The maximum atomic E-state index is 12.7. The first-order valence-corrected chi connectivity index (χ1v) is 10.7. The molecule has 3 amide bonds. The lowest BCUT2D eigenvalue weighted by atomic mass is 10.2. The van der Waals surface area contributed by atoms with Crippen molar-refractivity contribution in [2.75, 3.05) is 68.0 Å². The van der Waals surface area contributed by atoms with E-state index in [1.165, 1.54) is 0 Å². The van der Waals surface area contributed by atoms with Crippen LogP contribution in [0.15, 0.2) is 42.5 Å². The lowest BCUT2D eigenvalue weighted by Gasteiger charge is -2.36. The van der Waals surface area contributed by atoms with E-state index in [0.717, 1.165) is 30.2 Å². The van der Waals surface area contributed by atoms with Gasteiger partial charge >= 0.3 is 6.03 Å². The second-order valence-corrected chi connectivity index (χ2v) is 7.92. The average Bonchev–Trinajstić information content (AvgIpc) is 2.79. The summed E-state index contributed by atoms with van der Waals surface area (Å²) in [6.07, 6.45) is 0. The van der Waals surface area contributed by atoms with E-state index in [1.54, 1.807) is 18.1 Å². The third-order valence-corrected chi connectivity index (χ3v) is 5.87. The van der Waals surface area contributed by atoms with Gasteiger partial charge in [-0.15, -0.1) is 0 Å². The fourth-order valence-electron chi connectivity index (χ4n) is 3.93. The van der Waals surface area contributed by atoms with Crippen LogP contribution in [0, 0.1) is 0 Å². The quantitative estimate of drug-likeness (QED) is 0.759. The first-order valence-electron chi connectivity index (χ1n) is 10.3. The number of benzene rings is 2. The van der Waals surface area contributed by atoms with E-state index < -0.39 is 0 Å². The Balaban J connectivity index is 1.35. The van der Waals surface area contributed by atoms with Crippen molar-refractivity contribution in [3.8, 4) is 5.75 Å². The highest BCUT2D eigenvalue weighted by Gasteiger charge is 2.23. The number of rotatable bonds is 4. The number of ether oxygens (including phenoxy) is 1. The molecular weight excluding hydrogens is 418 g/mol. The zero-order valence-corrected chi connectivity index (χ0v) is 18.2. The zero-order valence-electron chi connectivity index (χ0n) is 17.4. The number of anilines is 3. The molecule has 4 rings (SSSR count).